The summed E-state index contributed by atoms with van der Waals surface area (Å²) in [7, 11) is 0. The molecule has 0 saturated carbocycles. The van der Waals surface area contributed by atoms with E-state index in [0.717, 1.165) is 13.0 Å². The third-order valence-electron chi connectivity index (χ3n) is 3.19. The molecule has 2 aromatic carbocycles. The summed E-state index contributed by atoms with van der Waals surface area (Å²) in [5, 5.41) is 3.24. The Morgan fingerprint density at radius 1 is 1.10 bits per heavy atom. The fraction of sp³-hybridized carbons (Fsp3) is 0.294. The lowest BCUT2D eigenvalue weighted by molar-refractivity contribution is 0.444. The third-order valence-corrected chi connectivity index (χ3v) is 3.19. The molecule has 0 radical (unpaired) electrons. The maximum Gasteiger partial charge on any atom is 0.135 e. The summed E-state index contributed by atoms with van der Waals surface area (Å²) >= 11 is 0. The van der Waals surface area contributed by atoms with Gasteiger partial charge in [0, 0.05) is 11.6 Å². The minimum Gasteiger partial charge on any atom is -0.457 e. The molecule has 0 saturated heterocycles. The quantitative estimate of drug-likeness (QED) is 0.824. The molecule has 0 amide bonds. The second-order valence-electron chi connectivity index (χ2n) is 4.88. The van der Waals surface area contributed by atoms with Crippen molar-refractivity contribution in [2.75, 3.05) is 6.54 Å². The van der Waals surface area contributed by atoms with Crippen LogP contribution in [-0.2, 0) is 0 Å². The topological polar surface area (TPSA) is 21.3 Å². The van der Waals surface area contributed by atoms with Gasteiger partial charge in [0.25, 0.3) is 0 Å². The molecule has 2 rings (SSSR count). The summed E-state index contributed by atoms with van der Waals surface area (Å²) in [6, 6.07) is 10.2. The largest absolute Gasteiger partial charge is 0.457 e. The SMILES string of the molecule is CCCNC(C)c1c(F)cccc1Oc1ccc(F)cc1. The Bertz CT molecular complexity index is 584. The van der Waals surface area contributed by atoms with Crippen molar-refractivity contribution in [3.63, 3.8) is 0 Å². The van der Waals surface area contributed by atoms with Crippen molar-refractivity contribution in [2.45, 2.75) is 26.3 Å². The minimum absolute atomic E-state index is 0.165. The molecule has 2 nitrogen and oxygen atoms in total. The standard InChI is InChI=1S/C17H19F2NO/c1-3-11-20-12(2)17-15(19)5-4-6-16(17)21-14-9-7-13(18)8-10-14/h4-10,12,20H,3,11H2,1-2H3. The van der Waals surface area contributed by atoms with Gasteiger partial charge in [0.15, 0.2) is 0 Å². The van der Waals surface area contributed by atoms with Gasteiger partial charge < -0.3 is 10.1 Å². The molecule has 0 heterocycles. The first-order valence-corrected chi connectivity index (χ1v) is 7.07. The van der Waals surface area contributed by atoms with E-state index in [-0.39, 0.29) is 17.7 Å². The smallest absolute Gasteiger partial charge is 0.135 e. The Labute approximate surface area is 123 Å². The van der Waals surface area contributed by atoms with E-state index in [9.17, 15) is 8.78 Å². The Morgan fingerprint density at radius 3 is 2.48 bits per heavy atom. The molecule has 2 aromatic rings. The van der Waals surface area contributed by atoms with Crippen LogP contribution in [0.4, 0.5) is 8.78 Å². The Balaban J connectivity index is 2.26. The summed E-state index contributed by atoms with van der Waals surface area (Å²) in [5.74, 6) is 0.272. The maximum atomic E-state index is 14.1. The molecule has 21 heavy (non-hydrogen) atoms. The van der Waals surface area contributed by atoms with Crippen molar-refractivity contribution in [1.29, 1.82) is 0 Å². The molecule has 0 bridgehead atoms. The zero-order valence-corrected chi connectivity index (χ0v) is 12.2. The molecule has 0 aromatic heterocycles. The number of halogens is 2. The van der Waals surface area contributed by atoms with Crippen molar-refractivity contribution in [2.24, 2.45) is 0 Å². The molecule has 112 valence electrons. The summed E-state index contributed by atoms with van der Waals surface area (Å²) < 4.78 is 32.7. The first-order valence-electron chi connectivity index (χ1n) is 7.07. The zero-order valence-electron chi connectivity index (χ0n) is 12.2. The molecular formula is C17H19F2NO. The van der Waals surface area contributed by atoms with Gasteiger partial charge in [-0.1, -0.05) is 13.0 Å². The van der Waals surface area contributed by atoms with Crippen LogP contribution in [0.1, 0.15) is 31.9 Å². The summed E-state index contributed by atoms with van der Waals surface area (Å²) in [4.78, 5) is 0. The van der Waals surface area contributed by atoms with Crippen LogP contribution in [0.25, 0.3) is 0 Å². The fourth-order valence-electron chi connectivity index (χ4n) is 2.12. The minimum atomic E-state index is -0.334. The highest BCUT2D eigenvalue weighted by atomic mass is 19.1. The molecule has 1 unspecified atom stereocenters. The number of nitrogens with one attached hydrogen (secondary N) is 1. The van der Waals surface area contributed by atoms with Crippen molar-refractivity contribution < 1.29 is 13.5 Å². The van der Waals surface area contributed by atoms with Gasteiger partial charge >= 0.3 is 0 Å². The van der Waals surface area contributed by atoms with E-state index in [0.29, 0.717) is 17.1 Å². The van der Waals surface area contributed by atoms with Crippen LogP contribution in [0.2, 0.25) is 0 Å². The molecule has 1 atom stereocenters. The van der Waals surface area contributed by atoms with Crippen LogP contribution in [0.15, 0.2) is 42.5 Å². The monoisotopic (exact) mass is 291 g/mol. The van der Waals surface area contributed by atoms with E-state index in [1.54, 1.807) is 12.1 Å². The van der Waals surface area contributed by atoms with E-state index in [1.807, 2.05) is 6.92 Å². The van der Waals surface area contributed by atoms with Crippen LogP contribution < -0.4 is 10.1 Å². The summed E-state index contributed by atoms with van der Waals surface area (Å²) in [6.45, 7) is 4.74. The summed E-state index contributed by atoms with van der Waals surface area (Å²) in [6.07, 6.45) is 0.965. The van der Waals surface area contributed by atoms with Crippen LogP contribution in [0.5, 0.6) is 11.5 Å². The number of benzene rings is 2. The highest BCUT2D eigenvalue weighted by molar-refractivity contribution is 5.40. The molecule has 0 aliphatic rings. The normalized spacial score (nSPS) is 12.2. The maximum absolute atomic E-state index is 14.1. The predicted octanol–water partition coefficient (Wildman–Crippen LogP) is 4.82. The molecular weight excluding hydrogens is 272 g/mol. The molecule has 4 heteroatoms. The highest BCUT2D eigenvalue weighted by Gasteiger charge is 2.16. The average Bonchev–Trinajstić information content (AvgIpc) is 2.47. The van der Waals surface area contributed by atoms with E-state index < -0.39 is 0 Å². The number of hydrogen-bond donors (Lipinski definition) is 1. The summed E-state index contributed by atoms with van der Waals surface area (Å²) in [5.41, 5.74) is 0.482. The Morgan fingerprint density at radius 2 is 1.81 bits per heavy atom. The highest BCUT2D eigenvalue weighted by Crippen LogP contribution is 2.31. The third kappa shape index (κ3) is 4.02. The first kappa shape index (κ1) is 15.4. The molecule has 0 spiro atoms. The molecule has 0 aliphatic carbocycles. The Kier molecular flexibility index (Phi) is 5.28. The predicted molar refractivity (Wildman–Crippen MR) is 79.6 cm³/mol. The van der Waals surface area contributed by atoms with Crippen molar-refractivity contribution in [3.8, 4) is 11.5 Å². The number of hydrogen-bond acceptors (Lipinski definition) is 2. The first-order chi connectivity index (χ1) is 10.1. The van der Waals surface area contributed by atoms with E-state index >= 15 is 0 Å². The Hall–Kier alpha value is -1.94. The van der Waals surface area contributed by atoms with E-state index in [1.165, 1.54) is 30.3 Å². The average molecular weight is 291 g/mol. The van der Waals surface area contributed by atoms with E-state index in [4.69, 9.17) is 4.74 Å². The van der Waals surface area contributed by atoms with Crippen LogP contribution >= 0.6 is 0 Å². The second kappa shape index (κ2) is 7.18. The van der Waals surface area contributed by atoms with Crippen molar-refractivity contribution in [1.82, 2.24) is 5.32 Å². The fourth-order valence-corrected chi connectivity index (χ4v) is 2.12. The van der Waals surface area contributed by atoms with Gasteiger partial charge in [-0.25, -0.2) is 8.78 Å². The van der Waals surface area contributed by atoms with Gasteiger partial charge in [0.05, 0.1) is 0 Å². The van der Waals surface area contributed by atoms with Gasteiger partial charge in [0.1, 0.15) is 23.1 Å². The van der Waals surface area contributed by atoms with Gasteiger partial charge in [-0.2, -0.15) is 0 Å². The van der Waals surface area contributed by atoms with Crippen LogP contribution in [0.3, 0.4) is 0 Å². The van der Waals surface area contributed by atoms with Gasteiger partial charge in [-0.05, 0) is 56.3 Å². The lowest BCUT2D eigenvalue weighted by atomic mass is 10.1. The zero-order chi connectivity index (χ0) is 15.2. The number of rotatable bonds is 6. The van der Waals surface area contributed by atoms with Crippen molar-refractivity contribution >= 4 is 0 Å². The number of ether oxygens (including phenoxy) is 1. The lowest BCUT2D eigenvalue weighted by Gasteiger charge is -2.18. The van der Waals surface area contributed by atoms with Crippen LogP contribution in [-0.4, -0.2) is 6.54 Å². The van der Waals surface area contributed by atoms with Crippen LogP contribution in [0, 0.1) is 11.6 Å². The molecule has 1 N–H and O–H groups in total. The van der Waals surface area contributed by atoms with Gasteiger partial charge in [-0.3, -0.25) is 0 Å². The lowest BCUT2D eigenvalue weighted by Crippen LogP contribution is -2.20. The van der Waals surface area contributed by atoms with Gasteiger partial charge in [-0.15, -0.1) is 0 Å². The van der Waals surface area contributed by atoms with Gasteiger partial charge in [0.2, 0.25) is 0 Å². The molecule has 0 fully saturated rings. The van der Waals surface area contributed by atoms with E-state index in [2.05, 4.69) is 12.2 Å². The molecule has 0 aliphatic heterocycles. The van der Waals surface area contributed by atoms with Crippen molar-refractivity contribution in [3.05, 3.63) is 59.7 Å². The second-order valence-corrected chi connectivity index (χ2v) is 4.88.